The van der Waals surface area contributed by atoms with Gasteiger partial charge in [-0.05, 0) is 6.42 Å². The van der Waals surface area contributed by atoms with Crippen molar-refractivity contribution in [2.24, 2.45) is 0 Å². The number of hydrogen-bond donors (Lipinski definition) is 3. The number of aromatic carboxylic acids is 1. The fourth-order valence-corrected chi connectivity index (χ4v) is 2.07. The van der Waals surface area contributed by atoms with Crippen molar-refractivity contribution in [3.63, 3.8) is 0 Å². The number of imidazole rings is 1. The van der Waals surface area contributed by atoms with Crippen LogP contribution in [0.1, 0.15) is 28.4 Å². The van der Waals surface area contributed by atoms with Gasteiger partial charge in [-0.3, -0.25) is 0 Å². The molecule has 1 unspecified atom stereocenters. The maximum absolute atomic E-state index is 11.0. The van der Waals surface area contributed by atoms with Crippen molar-refractivity contribution >= 4 is 5.97 Å². The minimum atomic E-state index is -1.08. The normalized spacial score (nSPS) is 19.5. The Morgan fingerprint density at radius 3 is 2.94 bits per heavy atom. The van der Waals surface area contributed by atoms with Gasteiger partial charge in [-0.1, -0.05) is 0 Å². The maximum atomic E-state index is 11.0. The first kappa shape index (κ1) is 11.1. The van der Waals surface area contributed by atoms with E-state index < -0.39 is 12.1 Å². The molecule has 0 bridgehead atoms. The van der Waals surface area contributed by atoms with Gasteiger partial charge in [0, 0.05) is 19.4 Å². The zero-order valence-corrected chi connectivity index (χ0v) is 8.76. The Bertz CT molecular complexity index is 413. The molecule has 6 heteroatoms. The van der Waals surface area contributed by atoms with Gasteiger partial charge in [-0.2, -0.15) is 0 Å². The first-order valence-corrected chi connectivity index (χ1v) is 5.24. The number of carboxylic acids is 1. The lowest BCUT2D eigenvalue weighted by atomic mass is 10.1. The molecule has 1 aliphatic rings. The van der Waals surface area contributed by atoms with Crippen LogP contribution in [0.2, 0.25) is 0 Å². The van der Waals surface area contributed by atoms with Crippen LogP contribution >= 0.6 is 0 Å². The van der Waals surface area contributed by atoms with Gasteiger partial charge in [0.2, 0.25) is 0 Å². The smallest absolute Gasteiger partial charge is 0.356 e. The number of carbonyl (C=O) groups is 1. The molecule has 1 aromatic rings. The molecule has 0 aromatic carbocycles. The highest BCUT2D eigenvalue weighted by molar-refractivity contribution is 5.87. The molecule has 3 N–H and O–H groups in total. The van der Waals surface area contributed by atoms with Gasteiger partial charge in [-0.15, -0.1) is 0 Å². The summed E-state index contributed by atoms with van der Waals surface area (Å²) in [7, 11) is 0. The second kappa shape index (κ2) is 4.23. The van der Waals surface area contributed by atoms with E-state index in [1.54, 1.807) is 4.57 Å². The number of rotatable bonds is 3. The lowest BCUT2D eigenvalue weighted by molar-refractivity contribution is 0.0687. The molecule has 1 aromatic heterocycles. The molecule has 0 saturated heterocycles. The van der Waals surface area contributed by atoms with Crippen LogP contribution < -0.4 is 0 Å². The van der Waals surface area contributed by atoms with Crippen LogP contribution in [0, 0.1) is 0 Å². The average molecular weight is 226 g/mol. The molecular weight excluding hydrogens is 212 g/mol. The Labute approximate surface area is 92.2 Å². The predicted molar refractivity (Wildman–Crippen MR) is 54.3 cm³/mol. The van der Waals surface area contributed by atoms with E-state index in [1.165, 1.54) is 0 Å². The van der Waals surface area contributed by atoms with Crippen LogP contribution in [0.5, 0.6) is 0 Å². The number of aliphatic hydroxyl groups excluding tert-OH is 2. The molecule has 0 aliphatic carbocycles. The molecule has 2 heterocycles. The fourth-order valence-electron chi connectivity index (χ4n) is 2.07. The van der Waals surface area contributed by atoms with Gasteiger partial charge in [0.05, 0.1) is 18.4 Å². The molecule has 0 saturated carbocycles. The molecule has 0 amide bonds. The highest BCUT2D eigenvalue weighted by Crippen LogP contribution is 2.21. The van der Waals surface area contributed by atoms with Crippen molar-refractivity contribution in [2.75, 3.05) is 6.61 Å². The minimum absolute atomic E-state index is 0.00204. The van der Waals surface area contributed by atoms with Crippen molar-refractivity contribution in [3.8, 4) is 0 Å². The third-order valence-corrected chi connectivity index (χ3v) is 2.80. The summed E-state index contributed by atoms with van der Waals surface area (Å²) >= 11 is 0. The van der Waals surface area contributed by atoms with E-state index in [0.717, 1.165) is 0 Å². The van der Waals surface area contributed by atoms with Gasteiger partial charge in [0.15, 0.2) is 5.69 Å². The number of carboxylic acid groups (broad SMARTS) is 1. The number of aromatic nitrogens is 2. The second-order valence-electron chi connectivity index (χ2n) is 3.90. The lowest BCUT2D eigenvalue weighted by Crippen LogP contribution is -2.25. The van der Waals surface area contributed by atoms with E-state index in [4.69, 9.17) is 10.2 Å². The summed E-state index contributed by atoms with van der Waals surface area (Å²) in [6.07, 6.45) is 0.765. The Balaban J connectivity index is 2.44. The van der Waals surface area contributed by atoms with Crippen LogP contribution in [-0.2, 0) is 19.4 Å². The summed E-state index contributed by atoms with van der Waals surface area (Å²) < 4.78 is 1.80. The molecule has 0 radical (unpaired) electrons. The van der Waals surface area contributed by atoms with Crippen LogP contribution in [0.25, 0.3) is 0 Å². The first-order chi connectivity index (χ1) is 7.63. The largest absolute Gasteiger partial charge is 0.476 e. The highest BCUT2D eigenvalue weighted by Gasteiger charge is 2.26. The molecule has 6 nitrogen and oxygen atoms in total. The third kappa shape index (κ3) is 1.81. The summed E-state index contributed by atoms with van der Waals surface area (Å²) in [4.78, 5) is 15.0. The van der Waals surface area contributed by atoms with Gasteiger partial charge in [-0.25, -0.2) is 9.78 Å². The van der Waals surface area contributed by atoms with Crippen LogP contribution in [0.15, 0.2) is 0 Å². The summed E-state index contributed by atoms with van der Waals surface area (Å²) in [5.74, 6) is -0.496. The van der Waals surface area contributed by atoms with E-state index in [9.17, 15) is 9.90 Å². The molecule has 88 valence electrons. The quantitative estimate of drug-likeness (QED) is 0.641. The minimum Gasteiger partial charge on any atom is -0.476 e. The van der Waals surface area contributed by atoms with E-state index in [0.29, 0.717) is 37.3 Å². The van der Waals surface area contributed by atoms with Crippen molar-refractivity contribution in [3.05, 3.63) is 17.2 Å². The van der Waals surface area contributed by atoms with Crippen molar-refractivity contribution < 1.29 is 20.1 Å². The average Bonchev–Trinajstić information content (AvgIpc) is 2.57. The molecule has 2 rings (SSSR count). The summed E-state index contributed by atoms with van der Waals surface area (Å²) in [6, 6.07) is 0. The van der Waals surface area contributed by atoms with Gasteiger partial charge in [0.1, 0.15) is 5.82 Å². The zero-order valence-electron chi connectivity index (χ0n) is 8.76. The molecule has 0 fully saturated rings. The fraction of sp³-hybridized carbons (Fsp3) is 0.600. The van der Waals surface area contributed by atoms with Gasteiger partial charge < -0.3 is 19.9 Å². The van der Waals surface area contributed by atoms with E-state index in [1.807, 2.05) is 0 Å². The van der Waals surface area contributed by atoms with Gasteiger partial charge in [0.25, 0.3) is 0 Å². The molecular formula is C10H14N2O4. The lowest BCUT2D eigenvalue weighted by Gasteiger charge is -2.21. The molecule has 0 spiro atoms. The summed E-state index contributed by atoms with van der Waals surface area (Å²) in [5, 5.41) is 27.4. The second-order valence-corrected chi connectivity index (χ2v) is 3.90. The van der Waals surface area contributed by atoms with Crippen LogP contribution in [0.3, 0.4) is 0 Å². The highest BCUT2D eigenvalue weighted by atomic mass is 16.4. The standard InChI is InChI=1S/C10H14N2O4/c13-4-2-8-11-9(10(15)16)7-5-6(14)1-3-12(7)8/h6,13-14H,1-5H2,(H,15,16). The third-order valence-electron chi connectivity index (χ3n) is 2.80. The monoisotopic (exact) mass is 226 g/mol. The van der Waals surface area contributed by atoms with Crippen molar-refractivity contribution in [2.45, 2.75) is 31.9 Å². The first-order valence-electron chi connectivity index (χ1n) is 5.24. The topological polar surface area (TPSA) is 95.6 Å². The van der Waals surface area contributed by atoms with E-state index in [2.05, 4.69) is 4.98 Å². The van der Waals surface area contributed by atoms with Crippen LogP contribution in [0.4, 0.5) is 0 Å². The Morgan fingerprint density at radius 1 is 1.56 bits per heavy atom. The Morgan fingerprint density at radius 2 is 2.31 bits per heavy atom. The van der Waals surface area contributed by atoms with E-state index >= 15 is 0 Å². The number of fused-ring (bicyclic) bond motifs is 1. The summed E-state index contributed by atoms with van der Waals surface area (Å²) in [6.45, 7) is 0.504. The van der Waals surface area contributed by atoms with Crippen LogP contribution in [-0.4, -0.2) is 43.6 Å². The van der Waals surface area contributed by atoms with Crippen molar-refractivity contribution in [1.82, 2.24) is 9.55 Å². The molecule has 1 atom stereocenters. The Kier molecular flexibility index (Phi) is 2.93. The molecule has 1 aliphatic heterocycles. The number of aliphatic hydroxyl groups is 2. The number of nitrogens with zero attached hydrogens (tertiary/aromatic N) is 2. The Hall–Kier alpha value is -1.40. The van der Waals surface area contributed by atoms with E-state index in [-0.39, 0.29) is 12.3 Å². The summed E-state index contributed by atoms with van der Waals surface area (Å²) in [5.41, 5.74) is 0.567. The zero-order chi connectivity index (χ0) is 11.7. The van der Waals surface area contributed by atoms with Gasteiger partial charge >= 0.3 is 5.97 Å². The predicted octanol–water partition coefficient (Wildman–Crippen LogP) is -0.577. The SMILES string of the molecule is O=C(O)c1nc(CCO)n2c1CC(O)CC2. The number of hydrogen-bond acceptors (Lipinski definition) is 4. The molecule has 16 heavy (non-hydrogen) atoms. The van der Waals surface area contributed by atoms with Crippen molar-refractivity contribution in [1.29, 1.82) is 0 Å². The maximum Gasteiger partial charge on any atom is 0.356 e.